The average molecular weight is 388 g/mol. The molecule has 1 aliphatic rings. The first kappa shape index (κ1) is 19.9. The van der Waals surface area contributed by atoms with Crippen LogP contribution < -0.4 is 9.80 Å². The molecule has 0 N–H and O–H groups in total. The molecule has 0 radical (unpaired) electrons. The number of ether oxygens (including phenoxy) is 1. The summed E-state index contributed by atoms with van der Waals surface area (Å²) >= 11 is 0. The highest BCUT2D eigenvalue weighted by molar-refractivity contribution is 5.68. The minimum absolute atomic E-state index is 0.0382. The van der Waals surface area contributed by atoms with Gasteiger partial charge in [0, 0.05) is 52.0 Å². The maximum Gasteiger partial charge on any atom is 0.409 e. The van der Waals surface area contributed by atoms with Crippen LogP contribution in [0.2, 0.25) is 0 Å². The largest absolute Gasteiger partial charge is 0.449 e. The molecule has 9 nitrogen and oxygen atoms in total. The Morgan fingerprint density at radius 3 is 2.57 bits per heavy atom. The molecule has 3 heterocycles. The predicted molar refractivity (Wildman–Crippen MR) is 106 cm³/mol. The van der Waals surface area contributed by atoms with Crippen LogP contribution in [0.15, 0.2) is 22.9 Å². The van der Waals surface area contributed by atoms with Gasteiger partial charge in [-0.25, -0.2) is 9.78 Å². The van der Waals surface area contributed by atoms with Crippen molar-refractivity contribution in [3.05, 3.63) is 18.3 Å². The molecule has 3 rings (SSSR count). The van der Waals surface area contributed by atoms with E-state index < -0.39 is 0 Å². The van der Waals surface area contributed by atoms with Gasteiger partial charge in [-0.15, -0.1) is 0 Å². The summed E-state index contributed by atoms with van der Waals surface area (Å²) in [6.45, 7) is 9.12. The Labute approximate surface area is 165 Å². The van der Waals surface area contributed by atoms with Gasteiger partial charge in [0.1, 0.15) is 5.82 Å². The summed E-state index contributed by atoms with van der Waals surface area (Å²) < 4.78 is 10.6. The smallest absolute Gasteiger partial charge is 0.409 e. The van der Waals surface area contributed by atoms with Gasteiger partial charge in [0.05, 0.1) is 6.61 Å². The van der Waals surface area contributed by atoms with Crippen molar-refractivity contribution in [1.29, 1.82) is 0 Å². The fourth-order valence-electron chi connectivity index (χ4n) is 2.73. The van der Waals surface area contributed by atoms with E-state index in [1.165, 1.54) is 0 Å². The normalized spacial score (nSPS) is 14.9. The molecule has 152 valence electrons. The zero-order valence-corrected chi connectivity index (χ0v) is 17.2. The van der Waals surface area contributed by atoms with E-state index >= 15 is 0 Å². The van der Waals surface area contributed by atoms with Gasteiger partial charge in [0.15, 0.2) is 0 Å². The number of rotatable bonds is 4. The van der Waals surface area contributed by atoms with Crippen LogP contribution in [-0.2, 0) is 4.74 Å². The molecule has 1 saturated heterocycles. The lowest BCUT2D eigenvalue weighted by atomic mass is 9.99. The molecule has 1 aliphatic heterocycles. The van der Waals surface area contributed by atoms with Crippen LogP contribution in [0.5, 0.6) is 0 Å². The van der Waals surface area contributed by atoms with Gasteiger partial charge in [0.25, 0.3) is 0 Å². The number of amides is 1. The van der Waals surface area contributed by atoms with E-state index in [-0.39, 0.29) is 11.5 Å². The maximum atomic E-state index is 12.2. The van der Waals surface area contributed by atoms with Crippen molar-refractivity contribution in [1.82, 2.24) is 20.0 Å². The molecule has 0 unspecified atom stereocenters. The van der Waals surface area contributed by atoms with Gasteiger partial charge in [-0.05, 0) is 17.5 Å². The van der Waals surface area contributed by atoms with Gasteiger partial charge >= 0.3 is 12.1 Å². The second kappa shape index (κ2) is 8.04. The van der Waals surface area contributed by atoms with Crippen LogP contribution in [-0.4, -0.2) is 73.0 Å². The number of pyridine rings is 1. The minimum Gasteiger partial charge on any atom is -0.449 e. The quantitative estimate of drug-likeness (QED) is 0.789. The van der Waals surface area contributed by atoms with E-state index in [0.29, 0.717) is 44.6 Å². The number of hydrogen-bond donors (Lipinski definition) is 0. The Bertz CT molecular complexity index is 806. The van der Waals surface area contributed by atoms with Crippen molar-refractivity contribution >= 4 is 17.9 Å². The Hall–Kier alpha value is -2.84. The summed E-state index contributed by atoms with van der Waals surface area (Å²) in [6.07, 6.45) is 1.49. The van der Waals surface area contributed by atoms with E-state index in [9.17, 15) is 4.79 Å². The van der Waals surface area contributed by atoms with E-state index in [0.717, 1.165) is 11.4 Å². The van der Waals surface area contributed by atoms with Crippen molar-refractivity contribution in [2.75, 3.05) is 56.7 Å². The summed E-state index contributed by atoms with van der Waals surface area (Å²) in [4.78, 5) is 26.7. The van der Waals surface area contributed by atoms with Crippen molar-refractivity contribution in [2.24, 2.45) is 5.41 Å². The molecule has 2 aromatic rings. The highest BCUT2D eigenvalue weighted by Gasteiger charge is 2.24. The third-order valence-corrected chi connectivity index (χ3v) is 4.29. The minimum atomic E-state index is -0.251. The van der Waals surface area contributed by atoms with Crippen LogP contribution in [0.4, 0.5) is 16.6 Å². The van der Waals surface area contributed by atoms with E-state index in [2.05, 4.69) is 20.0 Å². The number of nitrogens with zero attached hydrogens (tertiary/aromatic N) is 6. The Balaban J connectivity index is 1.61. The standard InChI is InChI=1S/C19H28N6O3/c1-19(2,3)13-27-18(26)25-10-8-24(9-11-25)15-12-14(6-7-20-15)16-21-17(23(4)5)28-22-16/h6-7,12H,8-11,13H2,1-5H3. The summed E-state index contributed by atoms with van der Waals surface area (Å²) in [5, 5.41) is 4.03. The van der Waals surface area contributed by atoms with Crippen LogP contribution in [0.25, 0.3) is 11.4 Å². The van der Waals surface area contributed by atoms with Gasteiger partial charge in [0.2, 0.25) is 5.82 Å². The van der Waals surface area contributed by atoms with Gasteiger partial charge in [-0.3, -0.25) is 0 Å². The van der Waals surface area contributed by atoms with Crippen molar-refractivity contribution in [3.8, 4) is 11.4 Å². The lowest BCUT2D eigenvalue weighted by molar-refractivity contribution is 0.0707. The molecule has 2 aromatic heterocycles. The summed E-state index contributed by atoms with van der Waals surface area (Å²) in [5.74, 6) is 1.35. The average Bonchev–Trinajstić information content (AvgIpc) is 3.16. The van der Waals surface area contributed by atoms with Crippen LogP contribution in [0, 0.1) is 5.41 Å². The fourth-order valence-corrected chi connectivity index (χ4v) is 2.73. The maximum absolute atomic E-state index is 12.2. The Kier molecular flexibility index (Phi) is 5.71. The molecule has 0 saturated carbocycles. The predicted octanol–water partition coefficient (Wildman–Crippen LogP) is 2.50. The zero-order chi connectivity index (χ0) is 20.3. The molecule has 1 amide bonds. The lowest BCUT2D eigenvalue weighted by Crippen LogP contribution is -2.49. The van der Waals surface area contributed by atoms with E-state index in [1.54, 1.807) is 16.0 Å². The fraction of sp³-hybridized carbons (Fsp3) is 0.579. The SMILES string of the molecule is CN(C)c1nc(-c2ccnc(N3CCN(C(=O)OCC(C)(C)C)CC3)c2)no1. The van der Waals surface area contributed by atoms with Crippen molar-refractivity contribution in [2.45, 2.75) is 20.8 Å². The Morgan fingerprint density at radius 1 is 1.25 bits per heavy atom. The summed E-state index contributed by atoms with van der Waals surface area (Å²) in [6, 6.07) is 4.25. The molecule has 0 aromatic carbocycles. The molecule has 0 bridgehead atoms. The monoisotopic (exact) mass is 388 g/mol. The molecule has 0 aliphatic carbocycles. The highest BCUT2D eigenvalue weighted by Crippen LogP contribution is 2.23. The van der Waals surface area contributed by atoms with Gasteiger partial charge < -0.3 is 24.0 Å². The lowest BCUT2D eigenvalue weighted by Gasteiger charge is -2.35. The third kappa shape index (κ3) is 4.90. The first-order chi connectivity index (χ1) is 13.2. The van der Waals surface area contributed by atoms with Gasteiger partial charge in [-0.2, -0.15) is 4.98 Å². The second-order valence-corrected chi connectivity index (χ2v) is 8.29. The molecular weight excluding hydrogens is 360 g/mol. The highest BCUT2D eigenvalue weighted by atomic mass is 16.6. The first-order valence-electron chi connectivity index (χ1n) is 9.37. The molecule has 0 spiro atoms. The third-order valence-electron chi connectivity index (χ3n) is 4.29. The number of carbonyl (C=O) groups excluding carboxylic acids is 1. The molecule has 28 heavy (non-hydrogen) atoms. The number of anilines is 2. The zero-order valence-electron chi connectivity index (χ0n) is 17.2. The summed E-state index contributed by atoms with van der Waals surface area (Å²) in [7, 11) is 3.70. The number of carbonyl (C=O) groups is 1. The number of piperazine rings is 1. The van der Waals surface area contributed by atoms with Crippen LogP contribution >= 0.6 is 0 Å². The molecule has 0 atom stereocenters. The number of hydrogen-bond acceptors (Lipinski definition) is 8. The molecular formula is C19H28N6O3. The molecule has 1 fully saturated rings. The van der Waals surface area contributed by atoms with Crippen LogP contribution in [0.1, 0.15) is 20.8 Å². The molecule has 9 heteroatoms. The first-order valence-corrected chi connectivity index (χ1v) is 9.37. The van der Waals surface area contributed by atoms with Crippen LogP contribution in [0.3, 0.4) is 0 Å². The number of aromatic nitrogens is 3. The van der Waals surface area contributed by atoms with Gasteiger partial charge in [-0.1, -0.05) is 25.9 Å². The van der Waals surface area contributed by atoms with E-state index in [1.807, 2.05) is 47.0 Å². The topological polar surface area (TPSA) is 87.8 Å². The van der Waals surface area contributed by atoms with Crippen molar-refractivity contribution in [3.63, 3.8) is 0 Å². The second-order valence-electron chi connectivity index (χ2n) is 8.29. The Morgan fingerprint density at radius 2 is 1.96 bits per heavy atom. The van der Waals surface area contributed by atoms with E-state index in [4.69, 9.17) is 9.26 Å². The van der Waals surface area contributed by atoms with Crippen molar-refractivity contribution < 1.29 is 14.1 Å². The summed E-state index contributed by atoms with van der Waals surface area (Å²) in [5.41, 5.74) is 0.803.